The Morgan fingerprint density at radius 3 is 2.33 bits per heavy atom. The Morgan fingerprint density at radius 1 is 1.40 bits per heavy atom. The van der Waals surface area contributed by atoms with Crippen molar-refractivity contribution in [2.45, 2.75) is 33.1 Å². The van der Waals surface area contributed by atoms with Crippen LogP contribution < -0.4 is 0 Å². The normalized spacial score (nSPS) is 30.3. The van der Waals surface area contributed by atoms with Crippen molar-refractivity contribution in [2.75, 3.05) is 19.7 Å². The summed E-state index contributed by atoms with van der Waals surface area (Å²) in [6.45, 7) is 6.29. The van der Waals surface area contributed by atoms with E-state index in [-0.39, 0.29) is 17.9 Å². The molecule has 1 atom stereocenters. The summed E-state index contributed by atoms with van der Waals surface area (Å²) in [7, 11) is 0. The third-order valence-electron chi connectivity index (χ3n) is 4.00. The van der Waals surface area contributed by atoms with Crippen LogP contribution in [-0.2, 0) is 4.79 Å². The molecule has 0 aromatic carbocycles. The summed E-state index contributed by atoms with van der Waals surface area (Å²) < 4.78 is 0. The maximum atomic E-state index is 12.0. The number of aliphatic hydroxyl groups excluding tert-OH is 1. The highest BCUT2D eigenvalue weighted by atomic mass is 16.3. The van der Waals surface area contributed by atoms with Crippen LogP contribution in [0, 0.1) is 17.3 Å². The van der Waals surface area contributed by atoms with Crippen LogP contribution in [0.25, 0.3) is 0 Å². The minimum absolute atomic E-state index is 0.241. The number of aliphatic hydroxyl groups is 1. The Kier molecular flexibility index (Phi) is 2.75. The number of carbonyl (C=O) groups excluding carboxylic acids is 1. The predicted octanol–water partition coefficient (Wildman–Crippen LogP) is 1.26. The first kappa shape index (κ1) is 10.9. The molecular formula is C12H21NO2. The Morgan fingerprint density at radius 2 is 1.93 bits per heavy atom. The second-order valence-electron chi connectivity index (χ2n) is 5.70. The molecule has 0 aromatic heterocycles. The smallest absolute Gasteiger partial charge is 0.226 e. The fraction of sp³-hybridized carbons (Fsp3) is 0.917. The fourth-order valence-electron chi connectivity index (χ4n) is 2.45. The molecule has 3 heteroatoms. The van der Waals surface area contributed by atoms with Crippen molar-refractivity contribution in [2.24, 2.45) is 17.3 Å². The molecule has 2 rings (SSSR count). The van der Waals surface area contributed by atoms with Crippen LogP contribution in [0.4, 0.5) is 0 Å². The van der Waals surface area contributed by atoms with Gasteiger partial charge in [-0.3, -0.25) is 4.79 Å². The first-order valence-corrected chi connectivity index (χ1v) is 5.94. The minimum Gasteiger partial charge on any atom is -0.396 e. The average Bonchev–Trinajstić information content (AvgIpc) is 2.87. The Labute approximate surface area is 91.5 Å². The number of piperidine rings is 1. The predicted molar refractivity (Wildman–Crippen MR) is 58.3 cm³/mol. The molecule has 1 heterocycles. The van der Waals surface area contributed by atoms with Gasteiger partial charge in [-0.25, -0.2) is 0 Å². The van der Waals surface area contributed by atoms with E-state index in [0.717, 1.165) is 32.4 Å². The third kappa shape index (κ3) is 2.17. The van der Waals surface area contributed by atoms with Crippen molar-refractivity contribution in [3.63, 3.8) is 0 Å². The molecule has 1 amide bonds. The Balaban J connectivity index is 1.84. The second kappa shape index (κ2) is 3.78. The van der Waals surface area contributed by atoms with Crippen molar-refractivity contribution >= 4 is 5.91 Å². The van der Waals surface area contributed by atoms with Crippen molar-refractivity contribution in [1.82, 2.24) is 4.90 Å². The van der Waals surface area contributed by atoms with Gasteiger partial charge < -0.3 is 10.0 Å². The third-order valence-corrected chi connectivity index (χ3v) is 4.00. The lowest BCUT2D eigenvalue weighted by molar-refractivity contribution is -0.134. The zero-order valence-electron chi connectivity index (χ0n) is 9.70. The van der Waals surface area contributed by atoms with Gasteiger partial charge in [0.1, 0.15) is 0 Å². The van der Waals surface area contributed by atoms with Crippen LogP contribution in [0.5, 0.6) is 0 Å². The van der Waals surface area contributed by atoms with Gasteiger partial charge in [-0.1, -0.05) is 13.8 Å². The van der Waals surface area contributed by atoms with Crippen LogP contribution in [0.3, 0.4) is 0 Å². The van der Waals surface area contributed by atoms with Crippen molar-refractivity contribution in [3.8, 4) is 0 Å². The highest BCUT2D eigenvalue weighted by molar-refractivity contribution is 5.82. The molecule has 1 saturated heterocycles. The van der Waals surface area contributed by atoms with E-state index in [9.17, 15) is 4.79 Å². The van der Waals surface area contributed by atoms with Gasteiger partial charge >= 0.3 is 0 Å². The van der Waals surface area contributed by atoms with E-state index >= 15 is 0 Å². The molecule has 2 fully saturated rings. The molecule has 0 bridgehead atoms. The van der Waals surface area contributed by atoms with Gasteiger partial charge in [-0.05, 0) is 30.6 Å². The molecule has 1 N–H and O–H groups in total. The lowest BCUT2D eigenvalue weighted by atomic mass is 9.97. The highest BCUT2D eigenvalue weighted by Gasteiger charge is 2.52. The molecule has 1 saturated carbocycles. The standard InChI is InChI=1S/C12H21NO2/c1-12(2)7-10(12)11(15)13-5-3-9(8-14)4-6-13/h9-10,14H,3-8H2,1-2H3. The summed E-state index contributed by atoms with van der Waals surface area (Å²) in [6, 6.07) is 0. The van der Waals surface area contributed by atoms with E-state index in [1.54, 1.807) is 0 Å². The van der Waals surface area contributed by atoms with Gasteiger partial charge in [0.05, 0.1) is 0 Å². The lowest BCUT2D eigenvalue weighted by Gasteiger charge is -2.31. The van der Waals surface area contributed by atoms with Gasteiger partial charge in [0, 0.05) is 25.6 Å². The molecule has 0 radical (unpaired) electrons. The van der Waals surface area contributed by atoms with E-state index in [2.05, 4.69) is 13.8 Å². The molecule has 1 aliphatic carbocycles. The summed E-state index contributed by atoms with van der Waals surface area (Å²) in [6.07, 6.45) is 2.98. The van der Waals surface area contributed by atoms with E-state index in [1.165, 1.54) is 0 Å². The maximum Gasteiger partial charge on any atom is 0.226 e. The van der Waals surface area contributed by atoms with E-state index < -0.39 is 0 Å². The van der Waals surface area contributed by atoms with Crippen LogP contribution >= 0.6 is 0 Å². The van der Waals surface area contributed by atoms with Crippen LogP contribution in [-0.4, -0.2) is 35.6 Å². The highest BCUT2D eigenvalue weighted by Crippen LogP contribution is 2.52. The SMILES string of the molecule is CC1(C)CC1C(=O)N1CCC(CO)CC1. The van der Waals surface area contributed by atoms with Crippen LogP contribution in [0.1, 0.15) is 33.1 Å². The lowest BCUT2D eigenvalue weighted by Crippen LogP contribution is -2.40. The summed E-state index contributed by atoms with van der Waals surface area (Å²) in [5.41, 5.74) is 0.241. The van der Waals surface area contributed by atoms with E-state index in [1.807, 2.05) is 4.90 Å². The summed E-state index contributed by atoms with van der Waals surface area (Å²) in [5, 5.41) is 9.02. The number of carbonyl (C=O) groups is 1. The number of hydrogen-bond donors (Lipinski definition) is 1. The molecule has 1 aliphatic heterocycles. The number of likely N-dealkylation sites (tertiary alicyclic amines) is 1. The minimum atomic E-state index is 0.241. The van der Waals surface area contributed by atoms with E-state index in [0.29, 0.717) is 11.8 Å². The summed E-state index contributed by atoms with van der Waals surface area (Å²) in [5.74, 6) is 1.03. The molecule has 1 unspecified atom stereocenters. The monoisotopic (exact) mass is 211 g/mol. The van der Waals surface area contributed by atoms with Crippen LogP contribution in [0.2, 0.25) is 0 Å². The van der Waals surface area contributed by atoms with Crippen LogP contribution in [0.15, 0.2) is 0 Å². The quantitative estimate of drug-likeness (QED) is 0.747. The molecular weight excluding hydrogens is 190 g/mol. The molecule has 3 nitrogen and oxygen atoms in total. The Hall–Kier alpha value is -0.570. The molecule has 0 aromatic rings. The molecule has 0 spiro atoms. The number of rotatable bonds is 2. The first-order chi connectivity index (χ1) is 7.04. The van der Waals surface area contributed by atoms with Crippen molar-refractivity contribution in [3.05, 3.63) is 0 Å². The summed E-state index contributed by atoms with van der Waals surface area (Å²) in [4.78, 5) is 14.0. The molecule has 86 valence electrons. The van der Waals surface area contributed by atoms with E-state index in [4.69, 9.17) is 5.11 Å². The molecule has 2 aliphatic rings. The van der Waals surface area contributed by atoms with Gasteiger partial charge in [-0.15, -0.1) is 0 Å². The average molecular weight is 211 g/mol. The number of amides is 1. The summed E-state index contributed by atoms with van der Waals surface area (Å²) >= 11 is 0. The largest absolute Gasteiger partial charge is 0.396 e. The Bertz CT molecular complexity index is 254. The number of nitrogens with zero attached hydrogens (tertiary/aromatic N) is 1. The van der Waals surface area contributed by atoms with Gasteiger partial charge in [-0.2, -0.15) is 0 Å². The van der Waals surface area contributed by atoms with Gasteiger partial charge in [0.2, 0.25) is 5.91 Å². The first-order valence-electron chi connectivity index (χ1n) is 5.94. The van der Waals surface area contributed by atoms with Crippen molar-refractivity contribution in [1.29, 1.82) is 0 Å². The fourth-order valence-corrected chi connectivity index (χ4v) is 2.45. The number of hydrogen-bond acceptors (Lipinski definition) is 2. The van der Waals surface area contributed by atoms with Gasteiger partial charge in [0.25, 0.3) is 0 Å². The van der Waals surface area contributed by atoms with Crippen molar-refractivity contribution < 1.29 is 9.90 Å². The molecule has 15 heavy (non-hydrogen) atoms. The maximum absolute atomic E-state index is 12.0. The second-order valence-corrected chi connectivity index (χ2v) is 5.70. The topological polar surface area (TPSA) is 40.5 Å². The van der Waals surface area contributed by atoms with Gasteiger partial charge in [0.15, 0.2) is 0 Å². The zero-order chi connectivity index (χ0) is 11.1. The zero-order valence-corrected chi connectivity index (χ0v) is 9.70.